The van der Waals surface area contributed by atoms with Crippen LogP contribution in [0.1, 0.15) is 11.3 Å². The van der Waals surface area contributed by atoms with Crippen LogP contribution in [-0.4, -0.2) is 26.7 Å². The van der Waals surface area contributed by atoms with Gasteiger partial charge >= 0.3 is 0 Å². The quantitative estimate of drug-likeness (QED) is 0.602. The van der Waals surface area contributed by atoms with Gasteiger partial charge in [0.2, 0.25) is 0 Å². The summed E-state index contributed by atoms with van der Waals surface area (Å²) in [6.07, 6.45) is 0. The largest absolute Gasteiger partial charge is 0.495 e. The molecule has 2 aromatic heterocycles. The van der Waals surface area contributed by atoms with Gasteiger partial charge in [0.15, 0.2) is 5.82 Å². The number of para-hydroxylation sites is 2. The van der Waals surface area contributed by atoms with Crippen LogP contribution in [0.15, 0.2) is 54.6 Å². The van der Waals surface area contributed by atoms with Crippen LogP contribution < -0.4 is 10.1 Å². The zero-order valence-electron chi connectivity index (χ0n) is 14.9. The Bertz CT molecular complexity index is 1090. The van der Waals surface area contributed by atoms with Crippen molar-refractivity contribution in [1.29, 1.82) is 0 Å². The standard InChI is InChI=1S/C20H19N5O/c1-13-7-6-8-15(11-13)19-23-20-21-14(2)12-18(25(20)24-19)22-16-9-4-5-10-17(16)26-3/h4-12,22H,1-3H3. The van der Waals surface area contributed by atoms with E-state index in [2.05, 4.69) is 39.4 Å². The Labute approximate surface area is 151 Å². The molecule has 0 saturated carbocycles. The fourth-order valence-corrected chi connectivity index (χ4v) is 2.87. The molecule has 0 aliphatic heterocycles. The highest BCUT2D eigenvalue weighted by atomic mass is 16.5. The van der Waals surface area contributed by atoms with Crippen molar-refractivity contribution in [3.05, 3.63) is 65.9 Å². The number of methoxy groups -OCH3 is 1. The summed E-state index contributed by atoms with van der Waals surface area (Å²) in [6.45, 7) is 3.99. The van der Waals surface area contributed by atoms with Crippen LogP contribution in [0.5, 0.6) is 5.75 Å². The second-order valence-electron chi connectivity index (χ2n) is 6.12. The van der Waals surface area contributed by atoms with E-state index in [1.165, 1.54) is 0 Å². The predicted molar refractivity (Wildman–Crippen MR) is 102 cm³/mol. The summed E-state index contributed by atoms with van der Waals surface area (Å²) in [4.78, 5) is 9.11. The summed E-state index contributed by atoms with van der Waals surface area (Å²) in [5, 5.41) is 8.04. The first-order chi connectivity index (χ1) is 12.6. The average molecular weight is 345 g/mol. The first-order valence-corrected chi connectivity index (χ1v) is 8.35. The van der Waals surface area contributed by atoms with Gasteiger partial charge in [0.1, 0.15) is 11.6 Å². The third kappa shape index (κ3) is 2.97. The summed E-state index contributed by atoms with van der Waals surface area (Å²) >= 11 is 0. The number of hydrogen-bond acceptors (Lipinski definition) is 5. The zero-order chi connectivity index (χ0) is 18.1. The molecule has 26 heavy (non-hydrogen) atoms. The van der Waals surface area contributed by atoms with Gasteiger partial charge in [0, 0.05) is 17.3 Å². The number of benzene rings is 2. The van der Waals surface area contributed by atoms with Crippen LogP contribution in [0, 0.1) is 13.8 Å². The maximum atomic E-state index is 5.42. The van der Waals surface area contributed by atoms with Crippen molar-refractivity contribution in [2.24, 2.45) is 0 Å². The number of rotatable bonds is 4. The van der Waals surface area contributed by atoms with Crippen molar-refractivity contribution < 1.29 is 4.74 Å². The minimum atomic E-state index is 0.555. The Kier molecular flexibility index (Phi) is 4.01. The Balaban J connectivity index is 1.82. The van der Waals surface area contributed by atoms with Gasteiger partial charge < -0.3 is 10.1 Å². The Morgan fingerprint density at radius 2 is 1.81 bits per heavy atom. The van der Waals surface area contributed by atoms with Gasteiger partial charge in [-0.05, 0) is 32.0 Å². The molecule has 0 spiro atoms. The van der Waals surface area contributed by atoms with Crippen molar-refractivity contribution in [2.75, 3.05) is 12.4 Å². The molecule has 0 radical (unpaired) electrons. The summed E-state index contributed by atoms with van der Waals surface area (Å²) in [5.41, 5.74) is 3.85. The molecule has 0 atom stereocenters. The van der Waals surface area contributed by atoms with Gasteiger partial charge in [0.05, 0.1) is 12.8 Å². The third-order valence-corrected chi connectivity index (χ3v) is 4.09. The molecule has 0 aliphatic rings. The van der Waals surface area contributed by atoms with Crippen molar-refractivity contribution in [1.82, 2.24) is 19.6 Å². The fourth-order valence-electron chi connectivity index (χ4n) is 2.87. The van der Waals surface area contributed by atoms with Gasteiger partial charge in [-0.1, -0.05) is 35.9 Å². The first kappa shape index (κ1) is 16.1. The molecule has 2 heterocycles. The van der Waals surface area contributed by atoms with Crippen LogP contribution >= 0.6 is 0 Å². The minimum absolute atomic E-state index is 0.555. The molecule has 0 saturated heterocycles. The van der Waals surface area contributed by atoms with Crippen LogP contribution in [0.2, 0.25) is 0 Å². The van der Waals surface area contributed by atoms with E-state index in [0.717, 1.165) is 34.1 Å². The molecule has 0 amide bonds. The van der Waals surface area contributed by atoms with Crippen LogP contribution in [0.4, 0.5) is 11.5 Å². The van der Waals surface area contributed by atoms with E-state index in [9.17, 15) is 0 Å². The molecule has 4 aromatic rings. The van der Waals surface area contributed by atoms with E-state index >= 15 is 0 Å². The van der Waals surface area contributed by atoms with Crippen molar-refractivity contribution in [2.45, 2.75) is 13.8 Å². The fraction of sp³-hybridized carbons (Fsp3) is 0.150. The highest BCUT2D eigenvalue weighted by Gasteiger charge is 2.13. The normalized spacial score (nSPS) is 10.9. The molecule has 0 bridgehead atoms. The number of aromatic nitrogens is 4. The number of nitrogens with one attached hydrogen (secondary N) is 1. The van der Waals surface area contributed by atoms with E-state index in [1.54, 1.807) is 11.6 Å². The smallest absolute Gasteiger partial charge is 0.254 e. The van der Waals surface area contributed by atoms with E-state index in [4.69, 9.17) is 4.74 Å². The molecule has 0 unspecified atom stereocenters. The number of nitrogens with zero attached hydrogens (tertiary/aromatic N) is 4. The Morgan fingerprint density at radius 1 is 0.962 bits per heavy atom. The number of fused-ring (bicyclic) bond motifs is 1. The van der Waals surface area contributed by atoms with Gasteiger partial charge in [0.25, 0.3) is 5.78 Å². The zero-order valence-corrected chi connectivity index (χ0v) is 14.9. The Hall–Kier alpha value is -3.41. The molecular formula is C20H19N5O. The van der Waals surface area contributed by atoms with Crippen molar-refractivity contribution >= 4 is 17.3 Å². The lowest BCUT2D eigenvalue weighted by atomic mass is 10.1. The summed E-state index contributed by atoms with van der Waals surface area (Å²) < 4.78 is 7.14. The van der Waals surface area contributed by atoms with Gasteiger partial charge in [-0.3, -0.25) is 0 Å². The van der Waals surface area contributed by atoms with Crippen molar-refractivity contribution in [3.63, 3.8) is 0 Å². The van der Waals surface area contributed by atoms with Gasteiger partial charge in [-0.2, -0.15) is 9.50 Å². The maximum absolute atomic E-state index is 5.42. The molecule has 1 N–H and O–H groups in total. The third-order valence-electron chi connectivity index (χ3n) is 4.09. The SMILES string of the molecule is COc1ccccc1Nc1cc(C)nc2nc(-c3cccc(C)c3)nn12. The second kappa shape index (κ2) is 6.48. The van der Waals surface area contributed by atoms with Gasteiger partial charge in [-0.25, -0.2) is 4.98 Å². The Morgan fingerprint density at radius 3 is 2.62 bits per heavy atom. The molecule has 6 nitrogen and oxygen atoms in total. The summed E-state index contributed by atoms with van der Waals surface area (Å²) in [7, 11) is 1.65. The molecule has 130 valence electrons. The number of anilines is 2. The van der Waals surface area contributed by atoms with E-state index in [0.29, 0.717) is 11.6 Å². The monoisotopic (exact) mass is 345 g/mol. The van der Waals surface area contributed by atoms with Crippen LogP contribution in [0.3, 0.4) is 0 Å². The van der Waals surface area contributed by atoms with Crippen LogP contribution in [-0.2, 0) is 0 Å². The summed E-state index contributed by atoms with van der Waals surface area (Å²) in [5.74, 6) is 2.74. The van der Waals surface area contributed by atoms with E-state index in [1.807, 2.05) is 49.4 Å². The maximum Gasteiger partial charge on any atom is 0.254 e. The topological polar surface area (TPSA) is 64.3 Å². The van der Waals surface area contributed by atoms with Crippen molar-refractivity contribution in [3.8, 4) is 17.1 Å². The van der Waals surface area contributed by atoms with E-state index < -0.39 is 0 Å². The highest BCUT2D eigenvalue weighted by Crippen LogP contribution is 2.28. The molecular weight excluding hydrogens is 326 g/mol. The first-order valence-electron chi connectivity index (χ1n) is 8.35. The molecule has 6 heteroatoms. The molecule has 4 rings (SSSR count). The van der Waals surface area contributed by atoms with E-state index in [-0.39, 0.29) is 0 Å². The predicted octanol–water partition coefficient (Wildman–Crippen LogP) is 4.16. The number of hydrogen-bond donors (Lipinski definition) is 1. The molecule has 0 fully saturated rings. The lowest BCUT2D eigenvalue weighted by molar-refractivity contribution is 0.417. The number of aryl methyl sites for hydroxylation is 2. The average Bonchev–Trinajstić information content (AvgIpc) is 3.06. The lowest BCUT2D eigenvalue weighted by Crippen LogP contribution is -2.03. The van der Waals surface area contributed by atoms with Crippen LogP contribution in [0.25, 0.3) is 17.2 Å². The summed E-state index contributed by atoms with van der Waals surface area (Å²) in [6, 6.07) is 17.8. The van der Waals surface area contributed by atoms with Gasteiger partial charge in [-0.15, -0.1) is 5.10 Å². The molecule has 0 aliphatic carbocycles. The highest BCUT2D eigenvalue weighted by molar-refractivity contribution is 5.66. The molecule has 2 aromatic carbocycles. The second-order valence-corrected chi connectivity index (χ2v) is 6.12. The minimum Gasteiger partial charge on any atom is -0.495 e. The lowest BCUT2D eigenvalue weighted by Gasteiger charge is -2.11. The number of ether oxygens (including phenoxy) is 1.